The van der Waals surface area contributed by atoms with E-state index in [-0.39, 0.29) is 11.6 Å². The summed E-state index contributed by atoms with van der Waals surface area (Å²) in [5.74, 6) is 0.209. The van der Waals surface area contributed by atoms with Crippen molar-refractivity contribution in [1.29, 1.82) is 0 Å². The summed E-state index contributed by atoms with van der Waals surface area (Å²) in [5.41, 5.74) is 0.640. The Morgan fingerprint density at radius 1 is 1.10 bits per heavy atom. The summed E-state index contributed by atoms with van der Waals surface area (Å²) in [7, 11) is 1.72. The minimum Gasteiger partial charge on any atom is -0.373 e. The molecule has 0 spiro atoms. The Bertz CT molecular complexity index is 661. The van der Waals surface area contributed by atoms with Crippen LogP contribution in [0.4, 0.5) is 11.5 Å². The Hall–Kier alpha value is -1.49. The van der Waals surface area contributed by atoms with Crippen molar-refractivity contribution >= 4 is 52.2 Å². The summed E-state index contributed by atoms with van der Waals surface area (Å²) in [5, 5.41) is 6.44. The first-order chi connectivity index (χ1) is 9.51. The molecule has 0 fully saturated rings. The quantitative estimate of drug-likeness (QED) is 0.823. The van der Waals surface area contributed by atoms with Gasteiger partial charge in [0.1, 0.15) is 11.5 Å². The topological polar surface area (TPSA) is 54.0 Å². The monoisotopic (exact) mass is 329 g/mol. The van der Waals surface area contributed by atoms with E-state index in [1.54, 1.807) is 25.2 Å². The molecule has 104 valence electrons. The van der Waals surface area contributed by atoms with E-state index in [1.165, 1.54) is 12.1 Å². The van der Waals surface area contributed by atoms with Crippen LogP contribution in [0, 0.1) is 0 Å². The van der Waals surface area contributed by atoms with Crippen LogP contribution < -0.4 is 10.6 Å². The Morgan fingerprint density at radius 3 is 2.50 bits per heavy atom. The molecule has 2 N–H and O–H groups in total. The van der Waals surface area contributed by atoms with E-state index in [9.17, 15) is 4.79 Å². The van der Waals surface area contributed by atoms with Gasteiger partial charge in [0.15, 0.2) is 0 Å². The van der Waals surface area contributed by atoms with Gasteiger partial charge in [-0.15, -0.1) is 0 Å². The maximum atomic E-state index is 12.1. The number of nitrogens with one attached hydrogen (secondary N) is 2. The third kappa shape index (κ3) is 3.33. The Morgan fingerprint density at radius 2 is 1.80 bits per heavy atom. The molecule has 0 aliphatic heterocycles. The molecule has 1 aromatic heterocycles. The van der Waals surface area contributed by atoms with Gasteiger partial charge in [-0.1, -0.05) is 40.9 Å². The van der Waals surface area contributed by atoms with Gasteiger partial charge in [-0.25, -0.2) is 4.98 Å². The van der Waals surface area contributed by atoms with Crippen LogP contribution in [0.3, 0.4) is 0 Å². The van der Waals surface area contributed by atoms with Gasteiger partial charge in [-0.2, -0.15) is 0 Å². The summed E-state index contributed by atoms with van der Waals surface area (Å²) in [6.07, 6.45) is 0. The number of rotatable bonds is 3. The second kappa shape index (κ2) is 6.31. The van der Waals surface area contributed by atoms with Crippen LogP contribution in [-0.4, -0.2) is 17.9 Å². The molecule has 4 nitrogen and oxygen atoms in total. The van der Waals surface area contributed by atoms with E-state index in [2.05, 4.69) is 15.6 Å². The SMILES string of the molecule is CNc1cccc(C(=O)Nc2cc(Cl)c(Cl)cc2Cl)n1. The van der Waals surface area contributed by atoms with Crippen molar-refractivity contribution in [3.8, 4) is 0 Å². The zero-order chi connectivity index (χ0) is 14.7. The lowest BCUT2D eigenvalue weighted by molar-refractivity contribution is 0.102. The highest BCUT2D eigenvalue weighted by Crippen LogP contribution is 2.32. The number of hydrogen-bond acceptors (Lipinski definition) is 3. The van der Waals surface area contributed by atoms with Gasteiger partial charge >= 0.3 is 0 Å². The molecular formula is C13H10Cl3N3O. The number of carbonyl (C=O) groups excluding carboxylic acids is 1. The van der Waals surface area contributed by atoms with Crippen LogP contribution in [0.1, 0.15) is 10.5 Å². The fourth-order valence-electron chi connectivity index (χ4n) is 1.51. The average molecular weight is 331 g/mol. The van der Waals surface area contributed by atoms with Crippen molar-refractivity contribution in [3.05, 3.63) is 51.1 Å². The second-order valence-corrected chi connectivity index (χ2v) is 5.08. The number of hydrogen-bond donors (Lipinski definition) is 2. The molecule has 0 atom stereocenters. The van der Waals surface area contributed by atoms with E-state index in [4.69, 9.17) is 34.8 Å². The van der Waals surface area contributed by atoms with Crippen molar-refractivity contribution < 1.29 is 4.79 Å². The summed E-state index contributed by atoms with van der Waals surface area (Å²) in [6, 6.07) is 8.04. The van der Waals surface area contributed by atoms with Gasteiger partial charge in [-0.05, 0) is 24.3 Å². The molecule has 0 aliphatic carbocycles. The predicted molar refractivity (Wildman–Crippen MR) is 83.2 cm³/mol. The number of nitrogens with zero attached hydrogens (tertiary/aromatic N) is 1. The summed E-state index contributed by atoms with van der Waals surface area (Å²) in [6.45, 7) is 0. The molecule has 1 amide bonds. The first-order valence-corrected chi connectivity index (χ1v) is 6.75. The Balaban J connectivity index is 2.25. The summed E-state index contributed by atoms with van der Waals surface area (Å²) in [4.78, 5) is 16.2. The van der Waals surface area contributed by atoms with Crippen molar-refractivity contribution in [2.75, 3.05) is 17.7 Å². The lowest BCUT2D eigenvalue weighted by Crippen LogP contribution is -2.14. The first-order valence-electron chi connectivity index (χ1n) is 5.62. The van der Waals surface area contributed by atoms with E-state index < -0.39 is 0 Å². The van der Waals surface area contributed by atoms with Gasteiger partial charge < -0.3 is 10.6 Å². The average Bonchev–Trinajstić information content (AvgIpc) is 2.44. The molecule has 0 bridgehead atoms. The maximum absolute atomic E-state index is 12.1. The van der Waals surface area contributed by atoms with Gasteiger partial charge in [0.2, 0.25) is 0 Å². The van der Waals surface area contributed by atoms with Crippen LogP contribution in [0.15, 0.2) is 30.3 Å². The van der Waals surface area contributed by atoms with E-state index in [0.29, 0.717) is 26.6 Å². The smallest absolute Gasteiger partial charge is 0.274 e. The van der Waals surface area contributed by atoms with Crippen molar-refractivity contribution in [3.63, 3.8) is 0 Å². The zero-order valence-corrected chi connectivity index (χ0v) is 12.6. The molecule has 2 rings (SSSR count). The zero-order valence-electron chi connectivity index (χ0n) is 10.4. The maximum Gasteiger partial charge on any atom is 0.274 e. The lowest BCUT2D eigenvalue weighted by Gasteiger charge is -2.09. The van der Waals surface area contributed by atoms with E-state index >= 15 is 0 Å². The van der Waals surface area contributed by atoms with Crippen molar-refractivity contribution in [2.24, 2.45) is 0 Å². The minimum atomic E-state index is -0.387. The largest absolute Gasteiger partial charge is 0.373 e. The minimum absolute atomic E-state index is 0.263. The van der Waals surface area contributed by atoms with Crippen LogP contribution in [-0.2, 0) is 0 Å². The third-order valence-corrected chi connectivity index (χ3v) is 3.53. The molecule has 20 heavy (non-hydrogen) atoms. The number of carbonyl (C=O) groups is 1. The van der Waals surface area contributed by atoms with Crippen LogP contribution in [0.25, 0.3) is 0 Å². The van der Waals surface area contributed by atoms with E-state index in [0.717, 1.165) is 0 Å². The number of anilines is 2. The van der Waals surface area contributed by atoms with Crippen molar-refractivity contribution in [2.45, 2.75) is 0 Å². The molecule has 1 heterocycles. The molecule has 0 unspecified atom stereocenters. The second-order valence-electron chi connectivity index (χ2n) is 3.86. The van der Waals surface area contributed by atoms with Gasteiger partial charge in [0.05, 0.1) is 20.8 Å². The fourth-order valence-corrected chi connectivity index (χ4v) is 2.10. The van der Waals surface area contributed by atoms with Crippen LogP contribution in [0.2, 0.25) is 15.1 Å². The molecule has 7 heteroatoms. The molecule has 0 radical (unpaired) electrons. The standard InChI is InChI=1S/C13H10Cl3N3O/c1-17-12-4-2-3-10(18-12)13(20)19-11-6-8(15)7(14)5-9(11)16/h2-6H,1H3,(H,17,18)(H,19,20). The first kappa shape index (κ1) is 14.9. The molecule has 0 aliphatic rings. The number of benzene rings is 1. The van der Waals surface area contributed by atoms with Crippen LogP contribution >= 0.6 is 34.8 Å². The van der Waals surface area contributed by atoms with Gasteiger partial charge in [0, 0.05) is 7.05 Å². The number of amides is 1. The normalized spacial score (nSPS) is 10.2. The summed E-state index contributed by atoms with van der Waals surface area (Å²) >= 11 is 17.7. The molecular weight excluding hydrogens is 321 g/mol. The number of pyridine rings is 1. The van der Waals surface area contributed by atoms with Crippen LogP contribution in [0.5, 0.6) is 0 Å². The third-order valence-electron chi connectivity index (χ3n) is 2.50. The van der Waals surface area contributed by atoms with Crippen molar-refractivity contribution in [1.82, 2.24) is 4.98 Å². The predicted octanol–water partition coefficient (Wildman–Crippen LogP) is 4.34. The highest BCUT2D eigenvalue weighted by Gasteiger charge is 2.12. The molecule has 2 aromatic rings. The van der Waals surface area contributed by atoms with Gasteiger partial charge in [0.25, 0.3) is 5.91 Å². The molecule has 0 saturated carbocycles. The Kier molecular flexibility index (Phi) is 4.70. The highest BCUT2D eigenvalue weighted by atomic mass is 35.5. The summed E-state index contributed by atoms with van der Waals surface area (Å²) < 4.78 is 0. The lowest BCUT2D eigenvalue weighted by atomic mass is 10.3. The fraction of sp³-hybridized carbons (Fsp3) is 0.0769. The highest BCUT2D eigenvalue weighted by molar-refractivity contribution is 6.44. The Labute approximate surface area is 131 Å². The molecule has 0 saturated heterocycles. The van der Waals surface area contributed by atoms with E-state index in [1.807, 2.05) is 0 Å². The molecule has 1 aromatic carbocycles. The van der Waals surface area contributed by atoms with Gasteiger partial charge in [-0.3, -0.25) is 4.79 Å². The number of halogens is 3. The number of aromatic nitrogens is 1.